The highest BCUT2D eigenvalue weighted by Crippen LogP contribution is 2.07. The quantitative estimate of drug-likeness (QED) is 0.768. The summed E-state index contributed by atoms with van der Waals surface area (Å²) >= 11 is 1.68. The molecule has 1 heterocycles. The van der Waals surface area contributed by atoms with E-state index in [0.717, 1.165) is 23.8 Å². The molecule has 0 radical (unpaired) electrons. The molecule has 1 rings (SSSR count). The number of nitrogens with two attached hydrogens (primary N) is 1. The van der Waals surface area contributed by atoms with Crippen LogP contribution < -0.4 is 11.1 Å². The summed E-state index contributed by atoms with van der Waals surface area (Å²) in [5.41, 5.74) is 6.78. The number of rotatable bonds is 4. The van der Waals surface area contributed by atoms with Crippen molar-refractivity contribution in [2.24, 2.45) is 5.73 Å². The Bertz CT molecular complexity index is 262. The van der Waals surface area contributed by atoms with Crippen molar-refractivity contribution in [1.82, 2.24) is 10.3 Å². The Morgan fingerprint density at radius 1 is 1.62 bits per heavy atom. The van der Waals surface area contributed by atoms with Crippen LogP contribution in [0.5, 0.6) is 0 Å². The Balaban J connectivity index is 2.28. The molecule has 0 atom stereocenters. The van der Waals surface area contributed by atoms with Crippen LogP contribution in [0.25, 0.3) is 0 Å². The van der Waals surface area contributed by atoms with E-state index in [-0.39, 0.29) is 5.54 Å². The number of nitrogens with zero attached hydrogens (tertiary/aromatic N) is 1. The van der Waals surface area contributed by atoms with Crippen molar-refractivity contribution in [3.63, 3.8) is 0 Å². The van der Waals surface area contributed by atoms with Crippen molar-refractivity contribution in [2.75, 3.05) is 6.54 Å². The minimum atomic E-state index is -0.148. The van der Waals surface area contributed by atoms with Crippen LogP contribution in [0.2, 0.25) is 0 Å². The van der Waals surface area contributed by atoms with Gasteiger partial charge in [-0.05, 0) is 20.8 Å². The third-order valence-corrected chi connectivity index (χ3v) is 2.38. The second kappa shape index (κ2) is 4.17. The predicted octanol–water partition coefficient (Wildman–Crippen LogP) is 1.28. The second-order valence-corrected chi connectivity index (χ2v) is 5.01. The molecule has 0 aromatic carbocycles. The first-order valence-electron chi connectivity index (χ1n) is 4.38. The second-order valence-electron chi connectivity index (χ2n) is 3.95. The van der Waals surface area contributed by atoms with Crippen molar-refractivity contribution in [1.29, 1.82) is 0 Å². The average molecular weight is 199 g/mol. The van der Waals surface area contributed by atoms with Crippen LogP contribution in [-0.4, -0.2) is 17.1 Å². The summed E-state index contributed by atoms with van der Waals surface area (Å²) < 4.78 is 0. The Morgan fingerprint density at radius 3 is 2.77 bits per heavy atom. The van der Waals surface area contributed by atoms with E-state index in [9.17, 15) is 0 Å². The van der Waals surface area contributed by atoms with Crippen LogP contribution >= 0.6 is 11.3 Å². The van der Waals surface area contributed by atoms with E-state index in [1.54, 1.807) is 11.3 Å². The summed E-state index contributed by atoms with van der Waals surface area (Å²) in [5, 5.41) is 6.46. The smallest absolute Gasteiger partial charge is 0.0897 e. The number of aromatic nitrogens is 1. The van der Waals surface area contributed by atoms with Crippen LogP contribution in [0.4, 0.5) is 0 Å². The minimum absolute atomic E-state index is 0.148. The number of thiazole rings is 1. The lowest BCUT2D eigenvalue weighted by Crippen LogP contribution is -2.42. The molecular formula is C9H17N3S. The van der Waals surface area contributed by atoms with Crippen molar-refractivity contribution in [2.45, 2.75) is 32.9 Å². The van der Waals surface area contributed by atoms with Gasteiger partial charge in [0.15, 0.2) is 0 Å². The van der Waals surface area contributed by atoms with Gasteiger partial charge in [-0.1, -0.05) is 0 Å². The zero-order valence-corrected chi connectivity index (χ0v) is 9.24. The predicted molar refractivity (Wildman–Crippen MR) is 56.8 cm³/mol. The van der Waals surface area contributed by atoms with Crippen LogP contribution in [0.15, 0.2) is 5.38 Å². The Morgan fingerprint density at radius 2 is 2.31 bits per heavy atom. The highest BCUT2D eigenvalue weighted by Gasteiger charge is 2.09. The van der Waals surface area contributed by atoms with Crippen molar-refractivity contribution in [3.8, 4) is 0 Å². The zero-order chi connectivity index (χ0) is 9.90. The summed E-state index contributed by atoms with van der Waals surface area (Å²) in [6.07, 6.45) is 0. The van der Waals surface area contributed by atoms with Gasteiger partial charge in [0.25, 0.3) is 0 Å². The van der Waals surface area contributed by atoms with Gasteiger partial charge in [-0.3, -0.25) is 0 Å². The molecule has 0 unspecified atom stereocenters. The molecule has 3 nitrogen and oxygen atoms in total. The summed E-state index contributed by atoms with van der Waals surface area (Å²) in [6, 6.07) is 0. The lowest BCUT2D eigenvalue weighted by molar-refractivity contribution is 0.465. The average Bonchev–Trinajstić information content (AvgIpc) is 2.33. The van der Waals surface area contributed by atoms with E-state index in [1.807, 2.05) is 20.8 Å². The Kier molecular flexibility index (Phi) is 3.41. The lowest BCUT2D eigenvalue weighted by atomic mass is 10.1. The van der Waals surface area contributed by atoms with Gasteiger partial charge in [0.05, 0.1) is 10.7 Å². The molecule has 0 aliphatic heterocycles. The monoisotopic (exact) mass is 199 g/mol. The van der Waals surface area contributed by atoms with E-state index < -0.39 is 0 Å². The van der Waals surface area contributed by atoms with Crippen LogP contribution in [0, 0.1) is 6.92 Å². The topological polar surface area (TPSA) is 50.9 Å². The van der Waals surface area contributed by atoms with E-state index in [1.165, 1.54) is 0 Å². The van der Waals surface area contributed by atoms with Gasteiger partial charge >= 0.3 is 0 Å². The summed E-state index contributed by atoms with van der Waals surface area (Å²) in [7, 11) is 0. The molecular weight excluding hydrogens is 182 g/mol. The van der Waals surface area contributed by atoms with Gasteiger partial charge in [0, 0.05) is 24.0 Å². The number of hydrogen-bond acceptors (Lipinski definition) is 4. The molecule has 74 valence electrons. The van der Waals surface area contributed by atoms with Gasteiger partial charge in [-0.2, -0.15) is 0 Å². The largest absolute Gasteiger partial charge is 0.324 e. The third kappa shape index (κ3) is 4.36. The molecule has 0 spiro atoms. The molecule has 13 heavy (non-hydrogen) atoms. The highest BCUT2D eigenvalue weighted by molar-refractivity contribution is 7.09. The lowest BCUT2D eigenvalue weighted by Gasteiger charge is -2.18. The molecule has 1 aromatic heterocycles. The van der Waals surface area contributed by atoms with Gasteiger partial charge in [-0.15, -0.1) is 11.3 Å². The molecule has 0 amide bonds. The fourth-order valence-electron chi connectivity index (χ4n) is 1.00. The molecule has 3 N–H and O–H groups in total. The van der Waals surface area contributed by atoms with Crippen molar-refractivity contribution < 1.29 is 0 Å². The molecule has 1 aromatic rings. The maximum absolute atomic E-state index is 5.82. The third-order valence-electron chi connectivity index (χ3n) is 1.55. The normalized spacial score (nSPS) is 12.0. The molecule has 0 saturated heterocycles. The summed E-state index contributed by atoms with van der Waals surface area (Å²) in [4.78, 5) is 4.35. The Hall–Kier alpha value is -0.450. The van der Waals surface area contributed by atoms with Gasteiger partial charge in [0.1, 0.15) is 0 Å². The van der Waals surface area contributed by atoms with Crippen LogP contribution in [0.3, 0.4) is 0 Å². The SMILES string of the molecule is Cc1nc(CNCC(C)(C)N)cs1. The fraction of sp³-hybridized carbons (Fsp3) is 0.667. The fourth-order valence-corrected chi connectivity index (χ4v) is 1.61. The molecule has 0 bridgehead atoms. The molecule has 0 fully saturated rings. The van der Waals surface area contributed by atoms with E-state index in [4.69, 9.17) is 5.73 Å². The molecule has 0 aliphatic rings. The van der Waals surface area contributed by atoms with Crippen molar-refractivity contribution >= 4 is 11.3 Å². The van der Waals surface area contributed by atoms with E-state index >= 15 is 0 Å². The van der Waals surface area contributed by atoms with Gasteiger partial charge < -0.3 is 11.1 Å². The molecule has 4 heteroatoms. The van der Waals surface area contributed by atoms with Crippen LogP contribution in [-0.2, 0) is 6.54 Å². The number of aryl methyl sites for hydroxylation is 1. The zero-order valence-electron chi connectivity index (χ0n) is 8.42. The first kappa shape index (κ1) is 10.6. The maximum Gasteiger partial charge on any atom is 0.0897 e. The first-order chi connectivity index (χ1) is 5.97. The van der Waals surface area contributed by atoms with Crippen molar-refractivity contribution in [3.05, 3.63) is 16.1 Å². The molecule has 0 aliphatic carbocycles. The highest BCUT2D eigenvalue weighted by atomic mass is 32.1. The number of nitrogens with one attached hydrogen (secondary N) is 1. The first-order valence-corrected chi connectivity index (χ1v) is 5.26. The van der Waals surface area contributed by atoms with Gasteiger partial charge in [-0.25, -0.2) is 4.98 Å². The summed E-state index contributed by atoms with van der Waals surface area (Å²) in [5.74, 6) is 0. The number of hydrogen-bond donors (Lipinski definition) is 2. The van der Waals surface area contributed by atoms with E-state index in [2.05, 4.69) is 15.7 Å². The Labute approximate surface area is 83.4 Å². The van der Waals surface area contributed by atoms with Crippen LogP contribution in [0.1, 0.15) is 24.5 Å². The molecule has 0 saturated carbocycles. The van der Waals surface area contributed by atoms with Gasteiger partial charge in [0.2, 0.25) is 0 Å². The summed E-state index contributed by atoms with van der Waals surface area (Å²) in [6.45, 7) is 7.65. The standard InChI is InChI=1S/C9H17N3S/c1-7-12-8(5-13-7)4-11-6-9(2,3)10/h5,11H,4,6,10H2,1-3H3. The maximum atomic E-state index is 5.82. The minimum Gasteiger partial charge on any atom is -0.324 e. The van der Waals surface area contributed by atoms with E-state index in [0.29, 0.717) is 0 Å².